The summed E-state index contributed by atoms with van der Waals surface area (Å²) in [5, 5.41) is 0. The zero-order chi connectivity index (χ0) is 24.6. The van der Waals surface area contributed by atoms with E-state index in [1.165, 1.54) is 4.90 Å². The molecular weight excluding hydrogens is 450 g/mol. The summed E-state index contributed by atoms with van der Waals surface area (Å²) < 4.78 is 11.3. The van der Waals surface area contributed by atoms with Gasteiger partial charge in [-0.05, 0) is 37.1 Å². The van der Waals surface area contributed by atoms with Crippen LogP contribution < -0.4 is 20.3 Å². The van der Waals surface area contributed by atoms with E-state index in [4.69, 9.17) is 9.47 Å². The van der Waals surface area contributed by atoms with Gasteiger partial charge in [0, 0.05) is 13.0 Å². The first kappa shape index (κ1) is 24.3. The lowest BCUT2D eigenvalue weighted by Crippen LogP contribution is -2.43. The predicted molar refractivity (Wildman–Crippen MR) is 126 cm³/mol. The van der Waals surface area contributed by atoms with E-state index in [0.29, 0.717) is 12.4 Å². The van der Waals surface area contributed by atoms with Crippen molar-refractivity contribution in [3.63, 3.8) is 0 Å². The number of imide groups is 1. The van der Waals surface area contributed by atoms with E-state index in [1.807, 2.05) is 30.3 Å². The van der Waals surface area contributed by atoms with Gasteiger partial charge < -0.3 is 9.47 Å². The maximum atomic E-state index is 12.6. The Morgan fingerprint density at radius 2 is 1.46 bits per heavy atom. The summed E-state index contributed by atoms with van der Waals surface area (Å²) in [5.41, 5.74) is 4.96. The van der Waals surface area contributed by atoms with Gasteiger partial charge >= 0.3 is 0 Å². The van der Waals surface area contributed by atoms with Crippen LogP contribution in [0.3, 0.4) is 0 Å². The molecule has 1 aliphatic heterocycles. The number of hydrogen-bond donors (Lipinski definition) is 2. The van der Waals surface area contributed by atoms with E-state index in [2.05, 4.69) is 10.9 Å². The highest BCUT2D eigenvalue weighted by Gasteiger charge is 2.47. The van der Waals surface area contributed by atoms with Crippen molar-refractivity contribution in [2.24, 2.45) is 11.8 Å². The molecule has 2 atom stereocenters. The van der Waals surface area contributed by atoms with Crippen LogP contribution in [0, 0.1) is 11.8 Å². The number of benzene rings is 2. The molecule has 4 rings (SSSR count). The summed E-state index contributed by atoms with van der Waals surface area (Å²) in [6.07, 6.45) is 3.27. The Kier molecular flexibility index (Phi) is 7.97. The molecule has 0 unspecified atom stereocenters. The van der Waals surface area contributed by atoms with Gasteiger partial charge in [0.2, 0.25) is 17.7 Å². The van der Waals surface area contributed by atoms with Crippen LogP contribution in [0.25, 0.3) is 0 Å². The molecule has 1 saturated carbocycles. The normalized spacial score (nSPS) is 19.1. The van der Waals surface area contributed by atoms with Crippen LogP contribution in [0.4, 0.5) is 0 Å². The molecule has 35 heavy (non-hydrogen) atoms. The minimum absolute atomic E-state index is 0.00742. The zero-order valence-electron chi connectivity index (χ0n) is 19.4. The molecule has 2 fully saturated rings. The molecule has 0 bridgehead atoms. The standard InChI is InChI=1S/C26H29N3O6/c30-23(14-15-29-25(32)19-10-4-5-11-20(19)26(29)33)27-28-24(31)21-12-6-7-13-22(21)35-17-16-34-18-8-2-1-3-9-18/h1-3,6-9,12-13,19-20H,4-5,10-11,14-17H2,(H,27,30)(H,28,31)/t19-,20-/m0/s1. The molecule has 9 nitrogen and oxygen atoms in total. The van der Waals surface area contributed by atoms with Crippen molar-refractivity contribution in [3.8, 4) is 11.5 Å². The third kappa shape index (κ3) is 5.98. The Morgan fingerprint density at radius 3 is 2.17 bits per heavy atom. The van der Waals surface area contributed by atoms with Gasteiger partial charge in [-0.25, -0.2) is 0 Å². The van der Waals surface area contributed by atoms with Gasteiger partial charge in [-0.3, -0.25) is 34.9 Å². The molecule has 1 aliphatic carbocycles. The number of carbonyl (C=O) groups excluding carboxylic acids is 4. The van der Waals surface area contributed by atoms with Crippen LogP contribution >= 0.6 is 0 Å². The van der Waals surface area contributed by atoms with E-state index in [0.717, 1.165) is 31.4 Å². The number of nitrogens with zero attached hydrogens (tertiary/aromatic N) is 1. The highest BCUT2D eigenvalue weighted by molar-refractivity contribution is 6.05. The predicted octanol–water partition coefficient (Wildman–Crippen LogP) is 2.47. The number of ether oxygens (including phenoxy) is 2. The van der Waals surface area contributed by atoms with E-state index < -0.39 is 11.8 Å². The third-order valence-corrected chi connectivity index (χ3v) is 6.29. The largest absolute Gasteiger partial charge is 0.490 e. The van der Waals surface area contributed by atoms with Crippen LogP contribution in [0.2, 0.25) is 0 Å². The van der Waals surface area contributed by atoms with Crippen molar-refractivity contribution in [2.45, 2.75) is 32.1 Å². The minimum Gasteiger partial charge on any atom is -0.490 e. The van der Waals surface area contributed by atoms with Gasteiger partial charge in [-0.2, -0.15) is 0 Å². The molecular formula is C26H29N3O6. The third-order valence-electron chi connectivity index (χ3n) is 6.29. The number of fused-ring (bicyclic) bond motifs is 1. The number of likely N-dealkylation sites (tertiary alicyclic amines) is 1. The average molecular weight is 480 g/mol. The van der Waals surface area contributed by atoms with E-state index >= 15 is 0 Å². The molecule has 4 amide bonds. The first-order valence-electron chi connectivity index (χ1n) is 11.9. The second kappa shape index (κ2) is 11.5. The van der Waals surface area contributed by atoms with Gasteiger partial charge in [0.15, 0.2) is 0 Å². The molecule has 2 N–H and O–H groups in total. The second-order valence-corrected chi connectivity index (χ2v) is 8.58. The Balaban J connectivity index is 1.22. The molecule has 0 spiro atoms. The second-order valence-electron chi connectivity index (χ2n) is 8.58. The molecule has 1 heterocycles. The van der Waals surface area contributed by atoms with Crippen LogP contribution in [-0.2, 0) is 14.4 Å². The molecule has 2 aromatic rings. The fourth-order valence-electron chi connectivity index (χ4n) is 4.53. The number of amides is 4. The van der Waals surface area contributed by atoms with Gasteiger partial charge in [-0.15, -0.1) is 0 Å². The Bertz CT molecular complexity index is 1050. The van der Waals surface area contributed by atoms with Crippen LogP contribution in [0.1, 0.15) is 42.5 Å². The quantitative estimate of drug-likeness (QED) is 0.325. The first-order chi connectivity index (χ1) is 17.0. The lowest BCUT2D eigenvalue weighted by atomic mass is 9.81. The SMILES string of the molecule is O=C(CCN1C(=O)[C@H]2CCCC[C@@H]2C1=O)NNC(=O)c1ccccc1OCCOc1ccccc1. The fourth-order valence-corrected chi connectivity index (χ4v) is 4.53. The van der Waals surface area contributed by atoms with Gasteiger partial charge in [0.25, 0.3) is 5.91 Å². The topological polar surface area (TPSA) is 114 Å². The summed E-state index contributed by atoms with van der Waals surface area (Å²) in [6, 6.07) is 16.0. The number of rotatable bonds is 9. The molecule has 0 radical (unpaired) electrons. The summed E-state index contributed by atoms with van der Waals surface area (Å²) in [4.78, 5) is 51.1. The number of hydrogen-bond acceptors (Lipinski definition) is 6. The Morgan fingerprint density at radius 1 is 0.829 bits per heavy atom. The van der Waals surface area contributed by atoms with Crippen molar-refractivity contribution in [2.75, 3.05) is 19.8 Å². The highest BCUT2D eigenvalue weighted by Crippen LogP contribution is 2.37. The number of hydrazine groups is 1. The Hall–Kier alpha value is -3.88. The summed E-state index contributed by atoms with van der Waals surface area (Å²) >= 11 is 0. The van der Waals surface area contributed by atoms with Crippen LogP contribution in [0.5, 0.6) is 11.5 Å². The van der Waals surface area contributed by atoms with E-state index in [-0.39, 0.29) is 48.8 Å². The van der Waals surface area contributed by atoms with Crippen LogP contribution in [-0.4, -0.2) is 48.3 Å². The summed E-state index contributed by atoms with van der Waals surface area (Å²) in [6.45, 7) is 0.533. The van der Waals surface area contributed by atoms with Gasteiger partial charge in [0.1, 0.15) is 24.7 Å². The van der Waals surface area contributed by atoms with Crippen molar-refractivity contribution in [3.05, 3.63) is 60.2 Å². The van der Waals surface area contributed by atoms with Crippen molar-refractivity contribution in [1.82, 2.24) is 15.8 Å². The van der Waals surface area contributed by atoms with Crippen molar-refractivity contribution >= 4 is 23.6 Å². The molecule has 0 aromatic heterocycles. The van der Waals surface area contributed by atoms with E-state index in [9.17, 15) is 19.2 Å². The highest BCUT2D eigenvalue weighted by atomic mass is 16.5. The lowest BCUT2D eigenvalue weighted by molar-refractivity contribution is -0.140. The first-order valence-corrected chi connectivity index (χ1v) is 11.9. The fraction of sp³-hybridized carbons (Fsp3) is 0.385. The molecule has 2 aromatic carbocycles. The van der Waals surface area contributed by atoms with Crippen LogP contribution in [0.15, 0.2) is 54.6 Å². The molecule has 1 saturated heterocycles. The lowest BCUT2D eigenvalue weighted by Gasteiger charge is -2.19. The molecule has 9 heteroatoms. The smallest absolute Gasteiger partial charge is 0.273 e. The maximum absolute atomic E-state index is 12.6. The Labute approximate surface area is 203 Å². The summed E-state index contributed by atoms with van der Waals surface area (Å²) in [5.74, 6) is -0.812. The van der Waals surface area contributed by atoms with E-state index in [1.54, 1.807) is 24.3 Å². The molecule has 184 valence electrons. The maximum Gasteiger partial charge on any atom is 0.273 e. The average Bonchev–Trinajstić information content (AvgIpc) is 3.14. The monoisotopic (exact) mass is 479 g/mol. The van der Waals surface area contributed by atoms with Crippen molar-refractivity contribution in [1.29, 1.82) is 0 Å². The summed E-state index contributed by atoms with van der Waals surface area (Å²) in [7, 11) is 0. The molecule has 2 aliphatic rings. The minimum atomic E-state index is -0.544. The van der Waals surface area contributed by atoms with Gasteiger partial charge in [-0.1, -0.05) is 43.2 Å². The van der Waals surface area contributed by atoms with Crippen molar-refractivity contribution < 1.29 is 28.7 Å². The number of carbonyl (C=O) groups is 4. The van der Waals surface area contributed by atoms with Gasteiger partial charge in [0.05, 0.1) is 17.4 Å². The number of para-hydroxylation sites is 2. The zero-order valence-corrected chi connectivity index (χ0v) is 19.4. The number of nitrogens with one attached hydrogen (secondary N) is 2.